The summed E-state index contributed by atoms with van der Waals surface area (Å²) in [4.78, 5) is 29.2. The van der Waals surface area contributed by atoms with Gasteiger partial charge >= 0.3 is 0 Å². The second kappa shape index (κ2) is 7.86. The van der Waals surface area contributed by atoms with E-state index in [9.17, 15) is 14.9 Å². The minimum Gasteiger partial charge on any atom is -0.466 e. The minimum atomic E-state index is -0.453. The molecular weight excluding hydrogens is 374 g/mol. The molecule has 0 radical (unpaired) electrons. The first-order chi connectivity index (χ1) is 13.7. The van der Waals surface area contributed by atoms with Crippen molar-refractivity contribution in [1.82, 2.24) is 19.7 Å². The number of carbonyl (C=O) groups excluding carboxylic acids is 1. The summed E-state index contributed by atoms with van der Waals surface area (Å²) in [6.45, 7) is 5.47. The third-order valence-corrected chi connectivity index (χ3v) is 4.96. The molecular formula is C20H23N5O4. The van der Waals surface area contributed by atoms with Crippen LogP contribution in [0.5, 0.6) is 5.88 Å². The van der Waals surface area contributed by atoms with Crippen molar-refractivity contribution < 1.29 is 14.5 Å². The van der Waals surface area contributed by atoms with Crippen LogP contribution in [0.1, 0.15) is 29.8 Å². The Morgan fingerprint density at radius 3 is 2.76 bits per heavy atom. The molecule has 152 valence electrons. The van der Waals surface area contributed by atoms with E-state index < -0.39 is 4.92 Å². The number of benzene rings is 1. The lowest BCUT2D eigenvalue weighted by molar-refractivity contribution is -0.384. The highest BCUT2D eigenvalue weighted by Gasteiger charge is 2.21. The highest BCUT2D eigenvalue weighted by atomic mass is 16.6. The molecule has 1 atom stereocenters. The van der Waals surface area contributed by atoms with Crippen LogP contribution in [0.15, 0.2) is 30.3 Å². The van der Waals surface area contributed by atoms with Gasteiger partial charge in [-0.25, -0.2) is 9.67 Å². The summed E-state index contributed by atoms with van der Waals surface area (Å²) < 4.78 is 7.35. The van der Waals surface area contributed by atoms with Crippen LogP contribution in [0.4, 0.5) is 5.69 Å². The fourth-order valence-corrected chi connectivity index (χ4v) is 3.22. The van der Waals surface area contributed by atoms with E-state index in [-0.39, 0.29) is 24.2 Å². The van der Waals surface area contributed by atoms with Crippen molar-refractivity contribution >= 4 is 22.6 Å². The molecule has 3 rings (SSSR count). The number of likely N-dealkylation sites (N-methyl/N-ethyl adjacent to an activating group) is 1. The zero-order valence-electron chi connectivity index (χ0n) is 17.0. The number of hydrogen-bond donors (Lipinski definition) is 0. The standard InChI is InChI=1S/C20H23N5O4/c1-12-9-13(2)21-19-18(12)20(22-24(19)5)29-11-17(26)23(4)14(3)15-7-6-8-16(10-15)25(27)28/h6-10,14H,11H2,1-5H3/t14-/m0/s1. The van der Waals surface area contributed by atoms with Gasteiger partial charge < -0.3 is 9.64 Å². The fraction of sp³-hybridized carbons (Fsp3) is 0.350. The van der Waals surface area contributed by atoms with Crippen LogP contribution >= 0.6 is 0 Å². The van der Waals surface area contributed by atoms with Crippen molar-refractivity contribution in [3.05, 3.63) is 57.3 Å². The molecule has 0 bridgehead atoms. The molecule has 1 aromatic carbocycles. The van der Waals surface area contributed by atoms with Gasteiger partial charge in [0.2, 0.25) is 5.88 Å². The normalized spacial score (nSPS) is 12.0. The number of non-ortho nitro benzene ring substituents is 1. The second-order valence-electron chi connectivity index (χ2n) is 7.03. The molecule has 0 unspecified atom stereocenters. The van der Waals surface area contributed by atoms with Gasteiger partial charge in [0, 0.05) is 31.9 Å². The molecule has 0 fully saturated rings. The Hall–Kier alpha value is -3.49. The van der Waals surface area contributed by atoms with Gasteiger partial charge in [0.1, 0.15) is 0 Å². The number of nitrogens with zero attached hydrogens (tertiary/aromatic N) is 5. The average Bonchev–Trinajstić information content (AvgIpc) is 3.00. The molecule has 0 N–H and O–H groups in total. The third kappa shape index (κ3) is 4.03. The summed E-state index contributed by atoms with van der Waals surface area (Å²) in [6.07, 6.45) is 0. The number of ether oxygens (including phenoxy) is 1. The Morgan fingerprint density at radius 1 is 1.34 bits per heavy atom. The number of fused-ring (bicyclic) bond motifs is 1. The van der Waals surface area contributed by atoms with Crippen molar-refractivity contribution in [1.29, 1.82) is 0 Å². The molecule has 2 aromatic heterocycles. The number of hydrogen-bond acceptors (Lipinski definition) is 6. The van der Waals surface area contributed by atoms with Crippen molar-refractivity contribution in [2.75, 3.05) is 13.7 Å². The van der Waals surface area contributed by atoms with Gasteiger partial charge in [0.05, 0.1) is 16.4 Å². The first kappa shape index (κ1) is 20.2. The van der Waals surface area contributed by atoms with E-state index in [1.54, 1.807) is 30.9 Å². The summed E-state index contributed by atoms with van der Waals surface area (Å²) in [6, 6.07) is 7.85. The molecule has 9 nitrogen and oxygen atoms in total. The first-order valence-electron chi connectivity index (χ1n) is 9.12. The van der Waals surface area contributed by atoms with E-state index >= 15 is 0 Å². The number of amides is 1. The second-order valence-corrected chi connectivity index (χ2v) is 7.03. The van der Waals surface area contributed by atoms with Gasteiger partial charge in [0.15, 0.2) is 12.3 Å². The van der Waals surface area contributed by atoms with E-state index in [0.717, 1.165) is 16.6 Å². The SMILES string of the molecule is Cc1cc(C)c2c(OCC(=O)N(C)[C@@H](C)c3cccc([N+](=O)[O-])c3)nn(C)c2n1. The first-order valence-corrected chi connectivity index (χ1v) is 9.12. The smallest absolute Gasteiger partial charge is 0.269 e. The maximum absolute atomic E-state index is 12.6. The highest BCUT2D eigenvalue weighted by molar-refractivity contribution is 5.85. The van der Waals surface area contributed by atoms with Crippen LogP contribution < -0.4 is 4.74 Å². The number of pyridine rings is 1. The molecule has 0 aliphatic rings. The van der Waals surface area contributed by atoms with E-state index in [1.807, 2.05) is 26.8 Å². The molecule has 1 amide bonds. The maximum atomic E-state index is 12.6. The summed E-state index contributed by atoms with van der Waals surface area (Å²) in [5.74, 6) is 0.0952. The van der Waals surface area contributed by atoms with Crippen molar-refractivity contribution in [3.63, 3.8) is 0 Å². The van der Waals surface area contributed by atoms with E-state index in [2.05, 4.69) is 10.1 Å². The molecule has 0 spiro atoms. The molecule has 0 saturated heterocycles. The number of nitro groups is 1. The number of rotatable bonds is 6. The van der Waals surface area contributed by atoms with E-state index in [0.29, 0.717) is 17.1 Å². The molecule has 0 aliphatic heterocycles. The topological polar surface area (TPSA) is 103 Å². The summed E-state index contributed by atoms with van der Waals surface area (Å²) >= 11 is 0. The molecule has 29 heavy (non-hydrogen) atoms. The van der Waals surface area contributed by atoms with Crippen LogP contribution in [-0.4, -0.2) is 44.1 Å². The summed E-state index contributed by atoms with van der Waals surface area (Å²) in [5, 5.41) is 16.1. The van der Waals surface area contributed by atoms with Crippen LogP contribution in [-0.2, 0) is 11.8 Å². The molecule has 0 aliphatic carbocycles. The van der Waals surface area contributed by atoms with Crippen LogP contribution in [0.3, 0.4) is 0 Å². The average molecular weight is 397 g/mol. The van der Waals surface area contributed by atoms with Crippen molar-refractivity contribution in [2.45, 2.75) is 26.8 Å². The number of carbonyl (C=O) groups is 1. The quantitative estimate of drug-likeness (QED) is 0.468. The lowest BCUT2D eigenvalue weighted by atomic mass is 10.1. The monoisotopic (exact) mass is 397 g/mol. The van der Waals surface area contributed by atoms with Crippen LogP contribution in [0, 0.1) is 24.0 Å². The Morgan fingerprint density at radius 2 is 2.07 bits per heavy atom. The fourth-order valence-electron chi connectivity index (χ4n) is 3.22. The Bertz CT molecular complexity index is 1090. The summed E-state index contributed by atoms with van der Waals surface area (Å²) in [5.41, 5.74) is 3.22. The van der Waals surface area contributed by atoms with E-state index in [1.165, 1.54) is 17.0 Å². The molecule has 2 heterocycles. The van der Waals surface area contributed by atoms with Gasteiger partial charge in [-0.1, -0.05) is 12.1 Å². The number of aryl methyl sites for hydroxylation is 3. The molecule has 9 heteroatoms. The van der Waals surface area contributed by atoms with Gasteiger partial charge in [0.25, 0.3) is 11.6 Å². The van der Waals surface area contributed by atoms with Gasteiger partial charge in [-0.2, -0.15) is 0 Å². The highest BCUT2D eigenvalue weighted by Crippen LogP contribution is 2.27. The van der Waals surface area contributed by atoms with Gasteiger partial charge in [-0.3, -0.25) is 14.9 Å². The molecule has 3 aromatic rings. The van der Waals surface area contributed by atoms with Gasteiger partial charge in [-0.15, -0.1) is 5.10 Å². The predicted octanol–water partition coefficient (Wildman–Crippen LogP) is 3.09. The third-order valence-electron chi connectivity index (χ3n) is 4.96. The van der Waals surface area contributed by atoms with Crippen molar-refractivity contribution in [3.8, 4) is 5.88 Å². The largest absolute Gasteiger partial charge is 0.466 e. The van der Waals surface area contributed by atoms with Gasteiger partial charge in [-0.05, 0) is 38.0 Å². The van der Waals surface area contributed by atoms with Crippen molar-refractivity contribution in [2.24, 2.45) is 7.05 Å². The zero-order valence-corrected chi connectivity index (χ0v) is 17.0. The Kier molecular flexibility index (Phi) is 5.49. The maximum Gasteiger partial charge on any atom is 0.269 e. The predicted molar refractivity (Wildman–Crippen MR) is 108 cm³/mol. The number of aromatic nitrogens is 3. The zero-order chi connectivity index (χ0) is 21.3. The molecule has 0 saturated carbocycles. The Labute approximate surface area is 168 Å². The number of nitro benzene ring substituents is 1. The minimum absolute atomic E-state index is 0.00956. The lowest BCUT2D eigenvalue weighted by Crippen LogP contribution is -2.33. The van der Waals surface area contributed by atoms with Crippen LogP contribution in [0.25, 0.3) is 11.0 Å². The Balaban J connectivity index is 1.75. The lowest BCUT2D eigenvalue weighted by Gasteiger charge is -2.25. The van der Waals surface area contributed by atoms with Crippen LogP contribution in [0.2, 0.25) is 0 Å². The van der Waals surface area contributed by atoms with E-state index in [4.69, 9.17) is 4.74 Å². The summed E-state index contributed by atoms with van der Waals surface area (Å²) in [7, 11) is 3.42.